The van der Waals surface area contributed by atoms with Gasteiger partial charge in [-0.1, -0.05) is 18.2 Å². The first-order valence-corrected chi connectivity index (χ1v) is 8.64. The molecule has 128 valence electrons. The number of benzene rings is 1. The van der Waals surface area contributed by atoms with Crippen molar-refractivity contribution in [3.05, 3.63) is 30.0 Å². The minimum atomic E-state index is -0.174. The molecule has 0 bridgehead atoms. The highest BCUT2D eigenvalue weighted by Gasteiger charge is 2.28. The predicted molar refractivity (Wildman–Crippen MR) is 97.1 cm³/mol. The van der Waals surface area contributed by atoms with Crippen LogP contribution in [-0.4, -0.2) is 34.5 Å². The number of hydrogen-bond acceptors (Lipinski definition) is 4. The quantitative estimate of drug-likeness (QED) is 0.921. The molecule has 2 heterocycles. The first kappa shape index (κ1) is 16.7. The van der Waals surface area contributed by atoms with Gasteiger partial charge in [0.1, 0.15) is 0 Å². The Balaban J connectivity index is 1.70. The van der Waals surface area contributed by atoms with E-state index in [0.717, 1.165) is 48.5 Å². The first-order valence-electron chi connectivity index (χ1n) is 8.64. The van der Waals surface area contributed by atoms with E-state index < -0.39 is 0 Å². The maximum absolute atomic E-state index is 12.3. The summed E-state index contributed by atoms with van der Waals surface area (Å²) in [5.74, 6) is 1.03. The number of nitrogens with zero attached hydrogens (tertiary/aromatic N) is 3. The van der Waals surface area contributed by atoms with Gasteiger partial charge in [-0.25, -0.2) is 9.97 Å². The van der Waals surface area contributed by atoms with E-state index in [1.165, 1.54) is 0 Å². The van der Waals surface area contributed by atoms with Gasteiger partial charge in [0.05, 0.1) is 11.2 Å². The highest BCUT2D eigenvalue weighted by atomic mass is 16.2. The van der Waals surface area contributed by atoms with Gasteiger partial charge < -0.3 is 10.2 Å². The van der Waals surface area contributed by atoms with Crippen molar-refractivity contribution >= 4 is 22.8 Å². The average molecular weight is 326 g/mol. The fourth-order valence-corrected chi connectivity index (χ4v) is 3.17. The molecule has 1 fully saturated rings. The molecule has 0 aliphatic carbocycles. The van der Waals surface area contributed by atoms with Crippen molar-refractivity contribution in [2.45, 2.75) is 46.1 Å². The second-order valence-electron chi connectivity index (χ2n) is 7.63. The van der Waals surface area contributed by atoms with Crippen molar-refractivity contribution in [1.82, 2.24) is 15.3 Å². The monoisotopic (exact) mass is 326 g/mol. The molecule has 0 saturated carbocycles. The molecule has 1 aromatic heterocycles. The van der Waals surface area contributed by atoms with E-state index in [0.29, 0.717) is 0 Å². The number of nitrogens with one attached hydrogen (secondary N) is 1. The molecule has 1 amide bonds. The number of anilines is 1. The minimum absolute atomic E-state index is 0.0852. The number of amides is 1. The Bertz CT molecular complexity index is 743. The summed E-state index contributed by atoms with van der Waals surface area (Å²) in [6.45, 7) is 9.72. The summed E-state index contributed by atoms with van der Waals surface area (Å²) < 4.78 is 0. The van der Waals surface area contributed by atoms with Crippen LogP contribution >= 0.6 is 0 Å². The fraction of sp³-hybridized carbons (Fsp3) is 0.526. The van der Waals surface area contributed by atoms with E-state index in [4.69, 9.17) is 4.98 Å². The van der Waals surface area contributed by atoms with Gasteiger partial charge in [0.15, 0.2) is 0 Å². The lowest BCUT2D eigenvalue weighted by Crippen LogP contribution is -2.47. The largest absolute Gasteiger partial charge is 0.351 e. The summed E-state index contributed by atoms with van der Waals surface area (Å²) in [5, 5.41) is 4.19. The maximum atomic E-state index is 12.3. The van der Waals surface area contributed by atoms with E-state index in [1.807, 2.05) is 45.9 Å². The molecule has 5 nitrogen and oxygen atoms in total. The highest BCUT2D eigenvalue weighted by Crippen LogP contribution is 2.24. The standard InChI is InChI=1S/C19H26N4O/c1-13-15-7-5-6-8-16(15)21-18(20-13)23-11-9-14(10-12-23)17(24)22-19(2,3)4/h5-8,14H,9-12H2,1-4H3,(H,22,24). The first-order chi connectivity index (χ1) is 11.3. The Morgan fingerprint density at radius 3 is 2.50 bits per heavy atom. The summed E-state index contributed by atoms with van der Waals surface area (Å²) in [4.78, 5) is 23.9. The number of piperidine rings is 1. The van der Waals surface area contributed by atoms with Crippen LogP contribution in [0.1, 0.15) is 39.3 Å². The van der Waals surface area contributed by atoms with Gasteiger partial charge in [0.25, 0.3) is 0 Å². The SMILES string of the molecule is Cc1nc(N2CCC(C(=O)NC(C)(C)C)CC2)nc2ccccc12. The lowest BCUT2D eigenvalue weighted by atomic mass is 9.94. The Labute approximate surface area is 143 Å². The second kappa shape index (κ2) is 6.38. The van der Waals surface area contributed by atoms with Gasteiger partial charge in [-0.2, -0.15) is 0 Å². The van der Waals surface area contributed by atoms with Crippen molar-refractivity contribution in [2.75, 3.05) is 18.0 Å². The summed E-state index contributed by atoms with van der Waals surface area (Å²) in [5.41, 5.74) is 1.81. The van der Waals surface area contributed by atoms with Gasteiger partial charge in [-0.15, -0.1) is 0 Å². The number of carbonyl (C=O) groups excluding carboxylic acids is 1. The van der Waals surface area contributed by atoms with Crippen LogP contribution in [0.2, 0.25) is 0 Å². The maximum Gasteiger partial charge on any atom is 0.226 e. The van der Waals surface area contributed by atoms with Crippen molar-refractivity contribution in [3.63, 3.8) is 0 Å². The second-order valence-corrected chi connectivity index (χ2v) is 7.63. The molecule has 1 aliphatic rings. The molecular weight excluding hydrogens is 300 g/mol. The zero-order chi connectivity index (χ0) is 17.3. The Morgan fingerprint density at radius 2 is 1.83 bits per heavy atom. The Kier molecular flexibility index (Phi) is 4.43. The molecule has 1 saturated heterocycles. The van der Waals surface area contributed by atoms with Crippen LogP contribution in [0.3, 0.4) is 0 Å². The summed E-state index contributed by atoms with van der Waals surface area (Å²) in [6, 6.07) is 8.09. The number of hydrogen-bond donors (Lipinski definition) is 1. The normalized spacial score (nSPS) is 16.4. The number of carbonyl (C=O) groups is 1. The summed E-state index contributed by atoms with van der Waals surface area (Å²) in [6.07, 6.45) is 1.69. The van der Waals surface area contributed by atoms with Crippen LogP contribution in [0, 0.1) is 12.8 Å². The van der Waals surface area contributed by atoms with Gasteiger partial charge in [-0.05, 0) is 46.6 Å². The molecule has 0 atom stereocenters. The zero-order valence-electron chi connectivity index (χ0n) is 15.0. The van der Waals surface area contributed by atoms with E-state index in [2.05, 4.69) is 21.3 Å². The smallest absolute Gasteiger partial charge is 0.226 e. The van der Waals surface area contributed by atoms with Gasteiger partial charge >= 0.3 is 0 Å². The van der Waals surface area contributed by atoms with Crippen LogP contribution < -0.4 is 10.2 Å². The number of fused-ring (bicyclic) bond motifs is 1. The molecule has 5 heteroatoms. The number of rotatable bonds is 2. The van der Waals surface area contributed by atoms with E-state index in [1.54, 1.807) is 0 Å². The van der Waals surface area contributed by atoms with Gasteiger partial charge in [0.2, 0.25) is 11.9 Å². The molecule has 0 spiro atoms. The van der Waals surface area contributed by atoms with Crippen molar-refractivity contribution in [3.8, 4) is 0 Å². The topological polar surface area (TPSA) is 58.1 Å². The zero-order valence-corrected chi connectivity index (χ0v) is 15.0. The number of aryl methyl sites for hydroxylation is 1. The fourth-order valence-electron chi connectivity index (χ4n) is 3.17. The van der Waals surface area contributed by atoms with Crippen LogP contribution in [0.15, 0.2) is 24.3 Å². The van der Waals surface area contributed by atoms with E-state index >= 15 is 0 Å². The summed E-state index contributed by atoms with van der Waals surface area (Å²) >= 11 is 0. The lowest BCUT2D eigenvalue weighted by molar-refractivity contribution is -0.127. The van der Waals surface area contributed by atoms with Crippen molar-refractivity contribution < 1.29 is 4.79 Å². The molecule has 2 aromatic rings. The third kappa shape index (κ3) is 3.66. The van der Waals surface area contributed by atoms with E-state index in [-0.39, 0.29) is 17.4 Å². The number of aromatic nitrogens is 2. The Morgan fingerprint density at radius 1 is 1.17 bits per heavy atom. The summed E-state index contributed by atoms with van der Waals surface area (Å²) in [7, 11) is 0. The van der Waals surface area contributed by atoms with Crippen molar-refractivity contribution in [2.24, 2.45) is 5.92 Å². The van der Waals surface area contributed by atoms with Crippen LogP contribution in [0.25, 0.3) is 10.9 Å². The van der Waals surface area contributed by atoms with Crippen molar-refractivity contribution in [1.29, 1.82) is 0 Å². The minimum Gasteiger partial charge on any atom is -0.351 e. The van der Waals surface area contributed by atoms with Gasteiger partial charge in [0, 0.05) is 29.9 Å². The molecule has 0 radical (unpaired) electrons. The average Bonchev–Trinajstić information content (AvgIpc) is 2.53. The van der Waals surface area contributed by atoms with Crippen LogP contribution in [-0.2, 0) is 4.79 Å². The molecule has 0 unspecified atom stereocenters. The van der Waals surface area contributed by atoms with E-state index in [9.17, 15) is 4.79 Å². The lowest BCUT2D eigenvalue weighted by Gasteiger charge is -2.33. The Hall–Kier alpha value is -2.17. The predicted octanol–water partition coefficient (Wildman–Crippen LogP) is 3.07. The highest BCUT2D eigenvalue weighted by molar-refractivity contribution is 5.82. The molecule has 1 aliphatic heterocycles. The third-order valence-electron chi connectivity index (χ3n) is 4.43. The van der Waals surface area contributed by atoms with Crippen LogP contribution in [0.4, 0.5) is 5.95 Å². The molecule has 1 N–H and O–H groups in total. The van der Waals surface area contributed by atoms with Gasteiger partial charge in [-0.3, -0.25) is 4.79 Å². The number of para-hydroxylation sites is 1. The molecule has 24 heavy (non-hydrogen) atoms. The molecule has 3 rings (SSSR count). The van der Waals surface area contributed by atoms with Crippen LogP contribution in [0.5, 0.6) is 0 Å². The molecular formula is C19H26N4O. The molecule has 1 aromatic carbocycles. The third-order valence-corrected chi connectivity index (χ3v) is 4.43.